The number of nitrogens with zero attached hydrogens (tertiary/aromatic N) is 3. The maximum Gasteiger partial charge on any atom is 0.234 e. The number of allylic oxidation sites excluding steroid dienone is 1. The van der Waals surface area contributed by atoms with Gasteiger partial charge in [-0.2, -0.15) is 0 Å². The number of halogens is 1. The molecule has 0 atom stereocenters. The highest BCUT2D eigenvalue weighted by Crippen LogP contribution is 2.24. The lowest BCUT2D eigenvalue weighted by Crippen LogP contribution is -2.14. The van der Waals surface area contributed by atoms with E-state index >= 15 is 0 Å². The first-order valence-corrected chi connectivity index (χ1v) is 9.34. The van der Waals surface area contributed by atoms with Crippen LogP contribution in [0.3, 0.4) is 0 Å². The first kappa shape index (κ1) is 18.8. The SMILES string of the molecule is C=CCn1c(SCC(=O)Nc2cccc(C)c2)nnc1-c1ccc(F)cc1. The van der Waals surface area contributed by atoms with Crippen LogP contribution in [0.15, 0.2) is 66.3 Å². The van der Waals surface area contributed by atoms with Gasteiger partial charge < -0.3 is 5.32 Å². The van der Waals surface area contributed by atoms with Gasteiger partial charge in [0.2, 0.25) is 5.91 Å². The summed E-state index contributed by atoms with van der Waals surface area (Å²) in [4.78, 5) is 12.2. The van der Waals surface area contributed by atoms with Gasteiger partial charge >= 0.3 is 0 Å². The third kappa shape index (κ3) is 4.83. The van der Waals surface area contributed by atoms with E-state index in [9.17, 15) is 9.18 Å². The molecule has 0 radical (unpaired) electrons. The van der Waals surface area contributed by atoms with Gasteiger partial charge in [0.1, 0.15) is 5.82 Å². The minimum atomic E-state index is -0.309. The summed E-state index contributed by atoms with van der Waals surface area (Å²) in [7, 11) is 0. The predicted octanol–water partition coefficient (Wildman–Crippen LogP) is 4.31. The molecule has 0 spiro atoms. The van der Waals surface area contributed by atoms with Gasteiger partial charge in [-0.1, -0.05) is 30.0 Å². The summed E-state index contributed by atoms with van der Waals surface area (Å²) in [6, 6.07) is 13.7. The number of nitrogens with one attached hydrogen (secondary N) is 1. The number of hydrogen-bond donors (Lipinski definition) is 1. The zero-order valence-corrected chi connectivity index (χ0v) is 15.7. The van der Waals surface area contributed by atoms with Gasteiger partial charge in [0.25, 0.3) is 0 Å². The first-order valence-electron chi connectivity index (χ1n) is 8.36. The molecule has 138 valence electrons. The van der Waals surface area contributed by atoms with Crippen molar-refractivity contribution in [3.63, 3.8) is 0 Å². The number of rotatable bonds is 7. The molecule has 0 saturated heterocycles. The van der Waals surface area contributed by atoms with Crippen LogP contribution >= 0.6 is 11.8 Å². The largest absolute Gasteiger partial charge is 0.325 e. The number of carbonyl (C=O) groups excluding carboxylic acids is 1. The van der Waals surface area contributed by atoms with Crippen molar-refractivity contribution in [2.45, 2.75) is 18.6 Å². The van der Waals surface area contributed by atoms with Gasteiger partial charge in [0, 0.05) is 17.8 Å². The number of amides is 1. The van der Waals surface area contributed by atoms with Gasteiger partial charge in [0.05, 0.1) is 5.75 Å². The number of anilines is 1. The molecular formula is C20H19FN4OS. The maximum absolute atomic E-state index is 13.2. The summed E-state index contributed by atoms with van der Waals surface area (Å²) in [5.41, 5.74) is 2.59. The molecule has 0 aliphatic rings. The number of benzene rings is 2. The molecule has 1 heterocycles. The Kier molecular flexibility index (Phi) is 6.03. The minimum Gasteiger partial charge on any atom is -0.325 e. The summed E-state index contributed by atoms with van der Waals surface area (Å²) in [6.45, 7) is 6.22. The molecule has 3 rings (SSSR count). The number of carbonyl (C=O) groups is 1. The van der Waals surface area contributed by atoms with Crippen LogP contribution in [0.25, 0.3) is 11.4 Å². The Morgan fingerprint density at radius 1 is 1.26 bits per heavy atom. The molecule has 0 unspecified atom stereocenters. The highest BCUT2D eigenvalue weighted by Gasteiger charge is 2.15. The van der Waals surface area contributed by atoms with Crippen molar-refractivity contribution in [3.05, 3.63) is 72.6 Å². The average Bonchev–Trinajstić information content (AvgIpc) is 3.04. The Morgan fingerprint density at radius 2 is 2.04 bits per heavy atom. The summed E-state index contributed by atoms with van der Waals surface area (Å²) in [6.07, 6.45) is 1.73. The highest BCUT2D eigenvalue weighted by molar-refractivity contribution is 7.99. The molecule has 1 N–H and O–H groups in total. The van der Waals surface area contributed by atoms with E-state index in [1.807, 2.05) is 35.8 Å². The average molecular weight is 382 g/mol. The quantitative estimate of drug-likeness (QED) is 0.489. The lowest BCUT2D eigenvalue weighted by molar-refractivity contribution is -0.113. The topological polar surface area (TPSA) is 59.8 Å². The van der Waals surface area contributed by atoms with Gasteiger partial charge in [-0.25, -0.2) is 4.39 Å². The molecule has 0 aliphatic carbocycles. The Hall–Kier alpha value is -2.93. The highest BCUT2D eigenvalue weighted by atomic mass is 32.2. The molecule has 3 aromatic rings. The van der Waals surface area contributed by atoms with E-state index in [2.05, 4.69) is 22.1 Å². The normalized spacial score (nSPS) is 10.6. The van der Waals surface area contributed by atoms with Crippen molar-refractivity contribution in [2.24, 2.45) is 0 Å². The van der Waals surface area contributed by atoms with Gasteiger partial charge in [-0.05, 0) is 48.9 Å². The van der Waals surface area contributed by atoms with E-state index in [1.54, 1.807) is 18.2 Å². The minimum absolute atomic E-state index is 0.123. The van der Waals surface area contributed by atoms with E-state index in [0.717, 1.165) is 16.8 Å². The lowest BCUT2D eigenvalue weighted by atomic mass is 10.2. The number of hydrogen-bond acceptors (Lipinski definition) is 4. The second kappa shape index (κ2) is 8.64. The number of aryl methyl sites for hydroxylation is 1. The van der Waals surface area contributed by atoms with Crippen LogP contribution in [-0.2, 0) is 11.3 Å². The van der Waals surface area contributed by atoms with E-state index < -0.39 is 0 Å². The van der Waals surface area contributed by atoms with Crippen LogP contribution in [-0.4, -0.2) is 26.4 Å². The van der Waals surface area contributed by atoms with E-state index in [0.29, 0.717) is 17.5 Å². The zero-order valence-electron chi connectivity index (χ0n) is 14.9. The second-order valence-electron chi connectivity index (χ2n) is 5.92. The molecule has 7 heteroatoms. The van der Waals surface area contributed by atoms with Gasteiger partial charge in [-0.3, -0.25) is 9.36 Å². The molecule has 27 heavy (non-hydrogen) atoms. The molecule has 5 nitrogen and oxygen atoms in total. The van der Waals surface area contributed by atoms with Crippen molar-refractivity contribution in [3.8, 4) is 11.4 Å². The van der Waals surface area contributed by atoms with Crippen molar-refractivity contribution < 1.29 is 9.18 Å². The lowest BCUT2D eigenvalue weighted by Gasteiger charge is -2.08. The number of aromatic nitrogens is 3. The zero-order chi connectivity index (χ0) is 19.2. The Labute approximate surface area is 161 Å². The fourth-order valence-corrected chi connectivity index (χ4v) is 3.30. The van der Waals surface area contributed by atoms with Crippen molar-refractivity contribution in [1.29, 1.82) is 0 Å². The van der Waals surface area contributed by atoms with Crippen LogP contribution < -0.4 is 5.32 Å². The Balaban J connectivity index is 1.72. The predicted molar refractivity (Wildman–Crippen MR) is 106 cm³/mol. The second-order valence-corrected chi connectivity index (χ2v) is 6.86. The standard InChI is InChI=1S/C20H19FN4OS/c1-3-11-25-19(15-7-9-16(21)10-8-15)23-24-20(25)27-13-18(26)22-17-6-4-5-14(2)12-17/h3-10,12H,1,11,13H2,2H3,(H,22,26). The van der Waals surface area contributed by atoms with E-state index in [4.69, 9.17) is 0 Å². The Morgan fingerprint density at radius 3 is 2.74 bits per heavy atom. The van der Waals surface area contributed by atoms with Crippen LogP contribution in [0.4, 0.5) is 10.1 Å². The summed E-state index contributed by atoms with van der Waals surface area (Å²) >= 11 is 1.29. The van der Waals surface area contributed by atoms with Gasteiger partial charge in [-0.15, -0.1) is 16.8 Å². The first-order chi connectivity index (χ1) is 13.1. The monoisotopic (exact) mass is 382 g/mol. The smallest absolute Gasteiger partial charge is 0.234 e. The van der Waals surface area contributed by atoms with Crippen molar-refractivity contribution in [1.82, 2.24) is 14.8 Å². The van der Waals surface area contributed by atoms with Crippen molar-refractivity contribution in [2.75, 3.05) is 11.1 Å². The molecule has 1 aromatic heterocycles. The summed E-state index contributed by atoms with van der Waals surface area (Å²) in [5, 5.41) is 11.9. The summed E-state index contributed by atoms with van der Waals surface area (Å²) in [5.74, 6) is 0.377. The van der Waals surface area contributed by atoms with Crippen LogP contribution in [0, 0.1) is 12.7 Å². The molecule has 0 bridgehead atoms. The van der Waals surface area contributed by atoms with Gasteiger partial charge in [0.15, 0.2) is 11.0 Å². The fraction of sp³-hybridized carbons (Fsp3) is 0.150. The molecule has 1 amide bonds. The van der Waals surface area contributed by atoms with Crippen LogP contribution in [0.1, 0.15) is 5.56 Å². The molecule has 0 fully saturated rings. The third-order valence-corrected chi connectivity index (χ3v) is 4.73. The van der Waals surface area contributed by atoms with E-state index in [1.165, 1.54) is 23.9 Å². The molecule has 2 aromatic carbocycles. The van der Waals surface area contributed by atoms with E-state index in [-0.39, 0.29) is 17.5 Å². The van der Waals surface area contributed by atoms with Crippen LogP contribution in [0.2, 0.25) is 0 Å². The molecule has 0 aliphatic heterocycles. The fourth-order valence-electron chi connectivity index (χ4n) is 2.55. The molecule has 0 saturated carbocycles. The molecular weight excluding hydrogens is 363 g/mol. The maximum atomic E-state index is 13.2. The summed E-state index contributed by atoms with van der Waals surface area (Å²) < 4.78 is 15.0. The number of thioether (sulfide) groups is 1. The Bertz CT molecular complexity index is 953. The third-order valence-electron chi connectivity index (χ3n) is 3.77. The van der Waals surface area contributed by atoms with Crippen LogP contribution in [0.5, 0.6) is 0 Å². The van der Waals surface area contributed by atoms with Crippen molar-refractivity contribution >= 4 is 23.4 Å².